The summed E-state index contributed by atoms with van der Waals surface area (Å²) >= 11 is 0. The lowest BCUT2D eigenvalue weighted by atomic mass is 9.90. The molecule has 1 heteroatoms. The standard InChI is InChI=1S/C10H16O/c1-6-4-7-9(8(11)5-6)10(7,2)3/h6-7,9H,4-5H2,1-3H3. The van der Waals surface area contributed by atoms with Gasteiger partial charge in [-0.3, -0.25) is 4.79 Å². The zero-order valence-corrected chi connectivity index (χ0v) is 7.55. The van der Waals surface area contributed by atoms with E-state index in [1.54, 1.807) is 0 Å². The van der Waals surface area contributed by atoms with Gasteiger partial charge in [-0.2, -0.15) is 0 Å². The van der Waals surface area contributed by atoms with Gasteiger partial charge in [0.25, 0.3) is 0 Å². The normalized spacial score (nSPS) is 46.8. The lowest BCUT2D eigenvalue weighted by molar-refractivity contribution is -0.122. The second-order valence-corrected chi connectivity index (χ2v) is 4.92. The molecule has 0 aliphatic heterocycles. The zero-order valence-electron chi connectivity index (χ0n) is 7.55. The highest BCUT2D eigenvalue weighted by Crippen LogP contribution is 2.64. The van der Waals surface area contributed by atoms with Gasteiger partial charge in [-0.05, 0) is 23.7 Å². The van der Waals surface area contributed by atoms with E-state index in [2.05, 4.69) is 20.8 Å². The number of hydrogen-bond donors (Lipinski definition) is 0. The lowest BCUT2D eigenvalue weighted by Gasteiger charge is -2.14. The van der Waals surface area contributed by atoms with Gasteiger partial charge in [-0.1, -0.05) is 20.8 Å². The molecule has 62 valence electrons. The molecular weight excluding hydrogens is 136 g/mol. The summed E-state index contributed by atoms with van der Waals surface area (Å²) < 4.78 is 0. The molecular formula is C10H16O. The van der Waals surface area contributed by atoms with Crippen molar-refractivity contribution in [1.29, 1.82) is 0 Å². The molecule has 0 aromatic heterocycles. The summed E-state index contributed by atoms with van der Waals surface area (Å²) in [5.41, 5.74) is 0.349. The minimum Gasteiger partial charge on any atom is -0.299 e. The maximum atomic E-state index is 11.5. The quantitative estimate of drug-likeness (QED) is 0.520. The summed E-state index contributed by atoms with van der Waals surface area (Å²) in [6.45, 7) is 6.67. The van der Waals surface area contributed by atoms with Crippen molar-refractivity contribution in [2.75, 3.05) is 0 Å². The van der Waals surface area contributed by atoms with Crippen molar-refractivity contribution < 1.29 is 4.79 Å². The van der Waals surface area contributed by atoms with Crippen LogP contribution in [-0.4, -0.2) is 5.78 Å². The summed E-state index contributed by atoms with van der Waals surface area (Å²) in [4.78, 5) is 11.5. The first-order valence-electron chi connectivity index (χ1n) is 4.56. The lowest BCUT2D eigenvalue weighted by Crippen LogP contribution is -2.15. The van der Waals surface area contributed by atoms with Crippen LogP contribution in [0.1, 0.15) is 33.6 Å². The van der Waals surface area contributed by atoms with Crippen molar-refractivity contribution in [1.82, 2.24) is 0 Å². The summed E-state index contributed by atoms with van der Waals surface area (Å²) in [7, 11) is 0. The fourth-order valence-corrected chi connectivity index (χ4v) is 2.81. The van der Waals surface area contributed by atoms with Gasteiger partial charge in [0.15, 0.2) is 0 Å². The SMILES string of the molecule is CC1CC(=O)C2C(C1)C2(C)C. The molecule has 3 atom stereocenters. The van der Waals surface area contributed by atoms with Crippen molar-refractivity contribution in [3.63, 3.8) is 0 Å². The average Bonchev–Trinajstić information content (AvgIpc) is 2.34. The van der Waals surface area contributed by atoms with E-state index < -0.39 is 0 Å². The predicted molar refractivity (Wildman–Crippen MR) is 44.2 cm³/mol. The van der Waals surface area contributed by atoms with Gasteiger partial charge in [0.2, 0.25) is 0 Å². The van der Waals surface area contributed by atoms with Crippen LogP contribution in [0.4, 0.5) is 0 Å². The van der Waals surface area contributed by atoms with Gasteiger partial charge >= 0.3 is 0 Å². The van der Waals surface area contributed by atoms with Crippen molar-refractivity contribution in [2.24, 2.45) is 23.2 Å². The highest BCUT2D eigenvalue weighted by Gasteiger charge is 2.62. The summed E-state index contributed by atoms with van der Waals surface area (Å²) in [6, 6.07) is 0. The Morgan fingerprint density at radius 1 is 1.45 bits per heavy atom. The van der Waals surface area contributed by atoms with E-state index in [1.165, 1.54) is 6.42 Å². The third-order valence-corrected chi connectivity index (χ3v) is 3.60. The first-order chi connectivity index (χ1) is 5.03. The van der Waals surface area contributed by atoms with E-state index in [1.807, 2.05) is 0 Å². The van der Waals surface area contributed by atoms with Crippen LogP contribution < -0.4 is 0 Å². The molecule has 0 bridgehead atoms. The molecule has 11 heavy (non-hydrogen) atoms. The van der Waals surface area contributed by atoms with Crippen molar-refractivity contribution in [2.45, 2.75) is 33.6 Å². The van der Waals surface area contributed by atoms with Crippen LogP contribution in [0.25, 0.3) is 0 Å². The number of fused-ring (bicyclic) bond motifs is 1. The molecule has 0 saturated heterocycles. The number of Topliss-reactive ketones (excluding diaryl/α,β-unsaturated/α-hetero) is 1. The van der Waals surface area contributed by atoms with Crippen LogP contribution >= 0.6 is 0 Å². The largest absolute Gasteiger partial charge is 0.299 e. The molecule has 3 unspecified atom stereocenters. The maximum Gasteiger partial charge on any atom is 0.137 e. The highest BCUT2D eigenvalue weighted by atomic mass is 16.1. The van der Waals surface area contributed by atoms with Gasteiger partial charge in [0, 0.05) is 12.3 Å². The Balaban J connectivity index is 2.17. The number of carbonyl (C=O) groups excluding carboxylic acids is 1. The maximum absolute atomic E-state index is 11.5. The van der Waals surface area contributed by atoms with Crippen LogP contribution in [0.5, 0.6) is 0 Å². The van der Waals surface area contributed by atoms with E-state index >= 15 is 0 Å². The Morgan fingerprint density at radius 2 is 2.09 bits per heavy atom. The van der Waals surface area contributed by atoms with E-state index in [4.69, 9.17) is 0 Å². The van der Waals surface area contributed by atoms with E-state index in [-0.39, 0.29) is 0 Å². The van der Waals surface area contributed by atoms with Crippen LogP contribution in [0.15, 0.2) is 0 Å². The Bertz CT molecular complexity index is 205. The van der Waals surface area contributed by atoms with Crippen LogP contribution in [0.3, 0.4) is 0 Å². The van der Waals surface area contributed by atoms with Crippen LogP contribution in [0.2, 0.25) is 0 Å². The second-order valence-electron chi connectivity index (χ2n) is 4.92. The van der Waals surface area contributed by atoms with Crippen molar-refractivity contribution in [3.8, 4) is 0 Å². The number of carbonyl (C=O) groups is 1. The monoisotopic (exact) mass is 152 g/mol. The number of hydrogen-bond acceptors (Lipinski definition) is 1. The predicted octanol–water partition coefficient (Wildman–Crippen LogP) is 2.26. The van der Waals surface area contributed by atoms with Crippen LogP contribution in [0, 0.1) is 23.2 Å². The van der Waals surface area contributed by atoms with E-state index in [0.29, 0.717) is 23.0 Å². The van der Waals surface area contributed by atoms with Crippen LogP contribution in [-0.2, 0) is 4.79 Å². The first-order valence-corrected chi connectivity index (χ1v) is 4.56. The molecule has 2 aliphatic rings. The smallest absolute Gasteiger partial charge is 0.137 e. The molecule has 2 fully saturated rings. The number of ketones is 1. The molecule has 1 nitrogen and oxygen atoms in total. The minimum absolute atomic E-state index is 0.349. The van der Waals surface area contributed by atoms with Gasteiger partial charge in [0.05, 0.1) is 0 Å². The number of rotatable bonds is 0. The zero-order chi connectivity index (χ0) is 8.22. The Labute approximate surface area is 68.2 Å². The molecule has 0 N–H and O–H groups in total. The summed E-state index contributed by atoms with van der Waals surface area (Å²) in [5.74, 6) is 2.32. The van der Waals surface area contributed by atoms with E-state index in [0.717, 1.165) is 12.3 Å². The summed E-state index contributed by atoms with van der Waals surface area (Å²) in [6.07, 6.45) is 2.12. The second kappa shape index (κ2) is 1.88. The molecule has 0 radical (unpaired) electrons. The topological polar surface area (TPSA) is 17.1 Å². The minimum atomic E-state index is 0.349. The Hall–Kier alpha value is -0.330. The first kappa shape index (κ1) is 7.33. The molecule has 0 heterocycles. The fourth-order valence-electron chi connectivity index (χ4n) is 2.81. The molecule has 2 rings (SSSR count). The summed E-state index contributed by atoms with van der Waals surface area (Å²) in [5, 5.41) is 0. The molecule has 0 aromatic rings. The highest BCUT2D eigenvalue weighted by molar-refractivity contribution is 5.86. The Morgan fingerprint density at radius 3 is 2.64 bits per heavy atom. The molecule has 2 aliphatic carbocycles. The average molecular weight is 152 g/mol. The molecule has 2 saturated carbocycles. The Kier molecular flexibility index (Phi) is 1.25. The van der Waals surface area contributed by atoms with Gasteiger partial charge < -0.3 is 0 Å². The molecule has 0 amide bonds. The van der Waals surface area contributed by atoms with Gasteiger partial charge in [-0.25, -0.2) is 0 Å². The third-order valence-electron chi connectivity index (χ3n) is 3.60. The van der Waals surface area contributed by atoms with Gasteiger partial charge in [0.1, 0.15) is 5.78 Å². The van der Waals surface area contributed by atoms with Gasteiger partial charge in [-0.15, -0.1) is 0 Å². The molecule has 0 aromatic carbocycles. The van der Waals surface area contributed by atoms with Crippen molar-refractivity contribution >= 4 is 5.78 Å². The fraction of sp³-hybridized carbons (Fsp3) is 0.900. The van der Waals surface area contributed by atoms with E-state index in [9.17, 15) is 4.79 Å². The molecule has 0 spiro atoms. The third kappa shape index (κ3) is 0.863. The van der Waals surface area contributed by atoms with Crippen molar-refractivity contribution in [3.05, 3.63) is 0 Å².